The number of hydrogen-bond donors (Lipinski definition) is 1. The van der Waals surface area contributed by atoms with Crippen molar-refractivity contribution in [1.29, 1.82) is 0 Å². The second kappa shape index (κ2) is 6.66. The number of nitrogens with one attached hydrogen (secondary N) is 1. The van der Waals surface area contributed by atoms with Crippen LogP contribution in [0.25, 0.3) is 0 Å². The molecule has 23 heavy (non-hydrogen) atoms. The van der Waals surface area contributed by atoms with Crippen molar-refractivity contribution in [2.24, 2.45) is 0 Å². The first-order valence-corrected chi connectivity index (χ1v) is 7.04. The van der Waals surface area contributed by atoms with E-state index in [1.165, 1.54) is 18.5 Å². The summed E-state index contributed by atoms with van der Waals surface area (Å²) in [5, 5.41) is 2.47. The molecular weight excluding hydrogens is 306 g/mol. The number of hydrogen-bond acceptors (Lipinski definition) is 5. The number of rotatable bonds is 3. The molecule has 1 aliphatic rings. The van der Waals surface area contributed by atoms with Gasteiger partial charge < -0.3 is 15.0 Å². The van der Waals surface area contributed by atoms with Crippen LogP contribution in [0, 0.1) is 11.6 Å². The first-order valence-electron chi connectivity index (χ1n) is 7.04. The molecule has 1 aromatic heterocycles. The van der Waals surface area contributed by atoms with Crippen LogP contribution >= 0.6 is 0 Å². The summed E-state index contributed by atoms with van der Waals surface area (Å²) in [7, 11) is 0. The molecule has 1 saturated heterocycles. The third kappa shape index (κ3) is 3.59. The van der Waals surface area contributed by atoms with Crippen LogP contribution in [0.3, 0.4) is 0 Å². The van der Waals surface area contributed by atoms with Gasteiger partial charge in [0.05, 0.1) is 18.8 Å². The van der Waals surface area contributed by atoms with Crippen molar-refractivity contribution in [2.45, 2.75) is 0 Å². The van der Waals surface area contributed by atoms with Gasteiger partial charge in [0.25, 0.3) is 5.91 Å². The Hall–Kier alpha value is -2.61. The Morgan fingerprint density at radius 3 is 2.48 bits per heavy atom. The average molecular weight is 320 g/mol. The van der Waals surface area contributed by atoms with E-state index >= 15 is 0 Å². The summed E-state index contributed by atoms with van der Waals surface area (Å²) in [6.45, 7) is 2.62. The van der Waals surface area contributed by atoms with E-state index in [1.807, 2.05) is 4.90 Å². The van der Waals surface area contributed by atoms with Crippen molar-refractivity contribution in [3.05, 3.63) is 47.8 Å². The lowest BCUT2D eigenvalue weighted by molar-refractivity contribution is 0.102. The van der Waals surface area contributed by atoms with E-state index in [9.17, 15) is 13.6 Å². The lowest BCUT2D eigenvalue weighted by atomic mass is 10.2. The first-order chi connectivity index (χ1) is 11.1. The molecule has 1 aromatic carbocycles. The van der Waals surface area contributed by atoms with Crippen LogP contribution in [-0.4, -0.2) is 42.2 Å². The fraction of sp³-hybridized carbons (Fsp3) is 0.267. The van der Waals surface area contributed by atoms with E-state index in [4.69, 9.17) is 4.74 Å². The number of aromatic nitrogens is 2. The molecule has 1 aliphatic heterocycles. The molecule has 0 unspecified atom stereocenters. The number of amides is 1. The van der Waals surface area contributed by atoms with Crippen molar-refractivity contribution in [3.8, 4) is 0 Å². The monoisotopic (exact) mass is 320 g/mol. The molecule has 2 heterocycles. The van der Waals surface area contributed by atoms with E-state index in [-0.39, 0.29) is 11.3 Å². The molecule has 0 radical (unpaired) electrons. The molecule has 0 aliphatic carbocycles. The predicted octanol–water partition coefficient (Wildman–Crippen LogP) is 1.84. The summed E-state index contributed by atoms with van der Waals surface area (Å²) >= 11 is 0. The quantitative estimate of drug-likeness (QED) is 0.935. The van der Waals surface area contributed by atoms with Gasteiger partial charge in [-0.2, -0.15) is 0 Å². The van der Waals surface area contributed by atoms with E-state index < -0.39 is 17.5 Å². The van der Waals surface area contributed by atoms with Gasteiger partial charge in [0.15, 0.2) is 11.6 Å². The third-order valence-electron chi connectivity index (χ3n) is 3.37. The number of halogens is 2. The Morgan fingerprint density at radius 1 is 1.13 bits per heavy atom. The fourth-order valence-electron chi connectivity index (χ4n) is 2.14. The maximum Gasteiger partial charge on any atom is 0.258 e. The summed E-state index contributed by atoms with van der Waals surface area (Å²) in [6, 6.07) is 3.14. The Balaban J connectivity index is 1.68. The molecule has 1 amide bonds. The second-order valence-electron chi connectivity index (χ2n) is 4.95. The molecule has 0 spiro atoms. The molecule has 3 rings (SSSR count). The normalized spacial score (nSPS) is 14.6. The van der Waals surface area contributed by atoms with E-state index in [2.05, 4.69) is 15.3 Å². The van der Waals surface area contributed by atoms with Gasteiger partial charge in [-0.05, 0) is 12.1 Å². The van der Waals surface area contributed by atoms with Crippen molar-refractivity contribution < 1.29 is 18.3 Å². The maximum atomic E-state index is 13.1. The van der Waals surface area contributed by atoms with Gasteiger partial charge in [0.1, 0.15) is 0 Å². The first kappa shape index (κ1) is 15.3. The van der Waals surface area contributed by atoms with Crippen LogP contribution in [0.2, 0.25) is 0 Å². The molecule has 2 aromatic rings. The maximum absolute atomic E-state index is 13.1. The third-order valence-corrected chi connectivity index (χ3v) is 3.37. The molecule has 8 heteroatoms. The molecule has 1 N–H and O–H groups in total. The molecule has 0 atom stereocenters. The average Bonchev–Trinajstić information content (AvgIpc) is 2.59. The van der Waals surface area contributed by atoms with Gasteiger partial charge in [-0.3, -0.25) is 4.79 Å². The Kier molecular flexibility index (Phi) is 4.42. The number of nitrogens with zero attached hydrogens (tertiary/aromatic N) is 3. The van der Waals surface area contributed by atoms with Crippen molar-refractivity contribution in [3.63, 3.8) is 0 Å². The number of ether oxygens (including phenoxy) is 1. The highest BCUT2D eigenvalue weighted by Crippen LogP contribution is 2.15. The Bertz CT molecular complexity index is 703. The molecule has 1 fully saturated rings. The SMILES string of the molecule is O=C(Nc1ccc(F)c(F)c1)c1cnc(N2CCOCC2)nc1. The smallest absolute Gasteiger partial charge is 0.258 e. The number of carbonyl (C=O) groups excluding carboxylic acids is 1. The molecular formula is C15H14F2N4O2. The minimum absolute atomic E-state index is 0.158. The Morgan fingerprint density at radius 2 is 1.83 bits per heavy atom. The molecule has 6 nitrogen and oxygen atoms in total. The highest BCUT2D eigenvalue weighted by molar-refractivity contribution is 6.03. The zero-order valence-corrected chi connectivity index (χ0v) is 12.1. The van der Waals surface area contributed by atoms with Gasteiger partial charge in [0, 0.05) is 37.2 Å². The lowest BCUT2D eigenvalue weighted by Gasteiger charge is -2.26. The zero-order chi connectivity index (χ0) is 16.2. The minimum atomic E-state index is -1.03. The number of morpholine rings is 1. The van der Waals surface area contributed by atoms with Crippen molar-refractivity contribution >= 4 is 17.5 Å². The van der Waals surface area contributed by atoms with Crippen LogP contribution in [0.5, 0.6) is 0 Å². The van der Waals surface area contributed by atoms with Gasteiger partial charge in [-0.25, -0.2) is 18.7 Å². The van der Waals surface area contributed by atoms with Crippen LogP contribution in [0.4, 0.5) is 20.4 Å². The van der Waals surface area contributed by atoms with E-state index in [0.29, 0.717) is 32.3 Å². The Labute approximate surface area is 131 Å². The molecule has 120 valence electrons. The highest BCUT2D eigenvalue weighted by atomic mass is 19.2. The van der Waals surface area contributed by atoms with E-state index in [0.717, 1.165) is 12.1 Å². The fourth-order valence-corrected chi connectivity index (χ4v) is 2.14. The minimum Gasteiger partial charge on any atom is -0.378 e. The molecule has 0 saturated carbocycles. The lowest BCUT2D eigenvalue weighted by Crippen LogP contribution is -2.37. The highest BCUT2D eigenvalue weighted by Gasteiger charge is 2.15. The summed E-state index contributed by atoms with van der Waals surface area (Å²) in [5.74, 6) is -1.97. The standard InChI is InChI=1S/C15H14F2N4O2/c16-12-2-1-11(7-13(12)17)20-14(22)10-8-18-15(19-9-10)21-3-5-23-6-4-21/h1-2,7-9H,3-6H2,(H,20,22). The summed E-state index contributed by atoms with van der Waals surface area (Å²) in [5.41, 5.74) is 0.387. The number of benzene rings is 1. The summed E-state index contributed by atoms with van der Waals surface area (Å²) in [6.07, 6.45) is 2.79. The van der Waals surface area contributed by atoms with Crippen LogP contribution in [0.15, 0.2) is 30.6 Å². The van der Waals surface area contributed by atoms with Crippen LogP contribution in [0.1, 0.15) is 10.4 Å². The number of carbonyl (C=O) groups is 1. The zero-order valence-electron chi connectivity index (χ0n) is 12.1. The molecule has 0 bridgehead atoms. The van der Waals surface area contributed by atoms with E-state index in [1.54, 1.807) is 0 Å². The summed E-state index contributed by atoms with van der Waals surface area (Å²) in [4.78, 5) is 22.3. The number of anilines is 2. The van der Waals surface area contributed by atoms with Gasteiger partial charge in [0.2, 0.25) is 5.95 Å². The predicted molar refractivity (Wildman–Crippen MR) is 79.4 cm³/mol. The van der Waals surface area contributed by atoms with Crippen LogP contribution in [-0.2, 0) is 4.74 Å². The van der Waals surface area contributed by atoms with Gasteiger partial charge in [-0.1, -0.05) is 0 Å². The van der Waals surface area contributed by atoms with Crippen LogP contribution < -0.4 is 10.2 Å². The largest absolute Gasteiger partial charge is 0.378 e. The van der Waals surface area contributed by atoms with Crippen molar-refractivity contribution in [1.82, 2.24) is 9.97 Å². The topological polar surface area (TPSA) is 67.4 Å². The summed E-state index contributed by atoms with van der Waals surface area (Å²) < 4.78 is 31.2. The van der Waals surface area contributed by atoms with Gasteiger partial charge in [-0.15, -0.1) is 0 Å². The van der Waals surface area contributed by atoms with Crippen molar-refractivity contribution in [2.75, 3.05) is 36.5 Å². The van der Waals surface area contributed by atoms with Gasteiger partial charge >= 0.3 is 0 Å². The second-order valence-corrected chi connectivity index (χ2v) is 4.95.